The van der Waals surface area contributed by atoms with Crippen LogP contribution in [0.4, 0.5) is 4.79 Å². The van der Waals surface area contributed by atoms with E-state index < -0.39 is 5.60 Å². The molecule has 154 valence electrons. The van der Waals surface area contributed by atoms with E-state index in [0.29, 0.717) is 37.1 Å². The summed E-state index contributed by atoms with van der Waals surface area (Å²) >= 11 is 0. The Morgan fingerprint density at radius 3 is 2.30 bits per heavy atom. The van der Waals surface area contributed by atoms with Gasteiger partial charge >= 0.3 is 12.1 Å². The molecule has 0 aliphatic carbocycles. The van der Waals surface area contributed by atoms with Crippen LogP contribution in [0.1, 0.15) is 72.6 Å². The molecule has 6 nitrogen and oxygen atoms in total. The van der Waals surface area contributed by atoms with Gasteiger partial charge in [-0.25, -0.2) is 4.79 Å². The maximum absolute atomic E-state index is 12.3. The van der Waals surface area contributed by atoms with Crippen molar-refractivity contribution in [2.24, 2.45) is 5.92 Å². The van der Waals surface area contributed by atoms with Crippen molar-refractivity contribution in [1.82, 2.24) is 9.80 Å². The Bertz CT molecular complexity index is 531. The number of nitrogens with zero attached hydrogens (tertiary/aromatic N) is 2. The molecule has 3 aliphatic heterocycles. The Kier molecular flexibility index (Phi) is 6.34. The Morgan fingerprint density at radius 2 is 1.70 bits per heavy atom. The van der Waals surface area contributed by atoms with Gasteiger partial charge in [-0.15, -0.1) is 0 Å². The number of fused-ring (bicyclic) bond motifs is 2. The van der Waals surface area contributed by atoms with Gasteiger partial charge in [0.2, 0.25) is 0 Å². The highest BCUT2D eigenvalue weighted by molar-refractivity contribution is 5.70. The van der Waals surface area contributed by atoms with Gasteiger partial charge in [-0.1, -0.05) is 0 Å². The van der Waals surface area contributed by atoms with Gasteiger partial charge in [0, 0.05) is 31.1 Å². The number of hydrogen-bond acceptors (Lipinski definition) is 5. The molecule has 2 bridgehead atoms. The van der Waals surface area contributed by atoms with Crippen molar-refractivity contribution in [3.8, 4) is 0 Å². The summed E-state index contributed by atoms with van der Waals surface area (Å²) in [6.07, 6.45) is 6.88. The van der Waals surface area contributed by atoms with Crippen molar-refractivity contribution in [1.29, 1.82) is 0 Å². The lowest BCUT2D eigenvalue weighted by Gasteiger charge is -2.45. The molecule has 3 aliphatic rings. The van der Waals surface area contributed by atoms with E-state index in [1.54, 1.807) is 0 Å². The molecular formula is C21H36N2O4. The second kappa shape index (κ2) is 8.38. The maximum atomic E-state index is 12.3. The molecule has 27 heavy (non-hydrogen) atoms. The van der Waals surface area contributed by atoms with Crippen molar-refractivity contribution in [2.75, 3.05) is 19.7 Å². The minimum absolute atomic E-state index is 0.0773. The van der Waals surface area contributed by atoms with Crippen molar-refractivity contribution >= 4 is 12.1 Å². The summed E-state index contributed by atoms with van der Waals surface area (Å²) in [5, 5.41) is 0. The van der Waals surface area contributed by atoms with E-state index in [0.717, 1.165) is 51.6 Å². The van der Waals surface area contributed by atoms with E-state index in [-0.39, 0.29) is 12.1 Å². The average Bonchev–Trinajstić information content (AvgIpc) is 2.83. The molecule has 0 aromatic carbocycles. The maximum Gasteiger partial charge on any atom is 0.410 e. The fraction of sp³-hybridized carbons (Fsp3) is 0.905. The van der Waals surface area contributed by atoms with Gasteiger partial charge in [0.1, 0.15) is 5.60 Å². The molecule has 0 saturated carbocycles. The minimum atomic E-state index is -0.412. The molecular weight excluding hydrogens is 344 g/mol. The highest BCUT2D eigenvalue weighted by Gasteiger charge is 2.45. The Balaban J connectivity index is 1.54. The Hall–Kier alpha value is -1.30. The van der Waals surface area contributed by atoms with E-state index in [9.17, 15) is 9.59 Å². The summed E-state index contributed by atoms with van der Waals surface area (Å²) in [5.74, 6) is 0.306. The number of amides is 1. The number of ether oxygens (including phenoxy) is 2. The fourth-order valence-corrected chi connectivity index (χ4v) is 5.16. The number of rotatable bonds is 4. The third-order valence-electron chi connectivity index (χ3n) is 6.13. The van der Waals surface area contributed by atoms with Crippen LogP contribution in [0.15, 0.2) is 0 Å². The van der Waals surface area contributed by atoms with Crippen LogP contribution in [0.2, 0.25) is 0 Å². The largest absolute Gasteiger partial charge is 0.460 e. The van der Waals surface area contributed by atoms with Crippen molar-refractivity contribution in [3.63, 3.8) is 0 Å². The van der Waals surface area contributed by atoms with Gasteiger partial charge in [-0.2, -0.15) is 0 Å². The summed E-state index contributed by atoms with van der Waals surface area (Å²) < 4.78 is 10.8. The van der Waals surface area contributed by atoms with Crippen LogP contribution >= 0.6 is 0 Å². The standard InChI is InChI=1S/C21H36N2O4/c1-5-26-20(25)23-16-8-9-17(23)13-18(12-16)22-10-6-7-15(14-22)11-19(24)27-21(2,3)4/h15-18H,5-14H2,1-4H3/t15-,16?,17?,18?/m0/s1. The number of carbonyl (C=O) groups excluding carboxylic acids is 2. The van der Waals surface area contributed by atoms with E-state index in [1.165, 1.54) is 0 Å². The molecule has 3 fully saturated rings. The molecule has 0 aromatic rings. The fourth-order valence-electron chi connectivity index (χ4n) is 5.16. The molecule has 2 unspecified atom stereocenters. The van der Waals surface area contributed by atoms with Gasteiger partial charge in [0.15, 0.2) is 0 Å². The zero-order valence-electron chi connectivity index (χ0n) is 17.4. The lowest BCUT2D eigenvalue weighted by atomic mass is 9.90. The van der Waals surface area contributed by atoms with Crippen LogP contribution in [0.5, 0.6) is 0 Å². The topological polar surface area (TPSA) is 59.1 Å². The number of esters is 1. The molecule has 3 atom stereocenters. The second-order valence-corrected chi connectivity index (χ2v) is 9.41. The predicted molar refractivity (Wildman–Crippen MR) is 103 cm³/mol. The monoisotopic (exact) mass is 380 g/mol. The zero-order valence-corrected chi connectivity index (χ0v) is 17.4. The van der Waals surface area contributed by atoms with E-state index >= 15 is 0 Å². The number of hydrogen-bond donors (Lipinski definition) is 0. The summed E-state index contributed by atoms with van der Waals surface area (Å²) in [5.41, 5.74) is -0.412. The van der Waals surface area contributed by atoms with Gasteiger partial charge in [0.25, 0.3) is 0 Å². The highest BCUT2D eigenvalue weighted by atomic mass is 16.6. The molecule has 1 amide bonds. The van der Waals surface area contributed by atoms with Crippen LogP contribution in [0.3, 0.4) is 0 Å². The first-order chi connectivity index (χ1) is 12.8. The molecule has 0 aromatic heterocycles. The molecule has 0 spiro atoms. The van der Waals surface area contributed by atoms with Crippen LogP contribution in [-0.4, -0.2) is 65.3 Å². The lowest BCUT2D eigenvalue weighted by Crippen LogP contribution is -2.54. The number of carbonyl (C=O) groups is 2. The molecule has 6 heteroatoms. The smallest absolute Gasteiger partial charge is 0.410 e. The predicted octanol–water partition coefficient (Wildman–Crippen LogP) is 3.58. The van der Waals surface area contributed by atoms with Gasteiger partial charge < -0.3 is 14.4 Å². The van der Waals surface area contributed by atoms with E-state index in [1.807, 2.05) is 32.6 Å². The third kappa shape index (κ3) is 5.15. The number of likely N-dealkylation sites (tertiary alicyclic amines) is 1. The summed E-state index contributed by atoms with van der Waals surface area (Å²) in [6.45, 7) is 10.2. The zero-order chi connectivity index (χ0) is 19.6. The summed E-state index contributed by atoms with van der Waals surface area (Å²) in [6, 6.07) is 1.16. The Labute approximate surface area is 163 Å². The van der Waals surface area contributed by atoms with Crippen LogP contribution in [0.25, 0.3) is 0 Å². The van der Waals surface area contributed by atoms with Crippen LogP contribution in [0, 0.1) is 5.92 Å². The second-order valence-electron chi connectivity index (χ2n) is 9.41. The molecule has 3 heterocycles. The van der Waals surface area contributed by atoms with Gasteiger partial charge in [0.05, 0.1) is 6.61 Å². The van der Waals surface area contributed by atoms with Crippen molar-refractivity contribution < 1.29 is 19.1 Å². The number of piperidine rings is 2. The normalized spacial score (nSPS) is 31.6. The summed E-state index contributed by atoms with van der Waals surface area (Å²) in [4.78, 5) is 29.1. The van der Waals surface area contributed by atoms with Crippen molar-refractivity contribution in [2.45, 2.75) is 96.4 Å². The first-order valence-corrected chi connectivity index (χ1v) is 10.7. The third-order valence-corrected chi connectivity index (χ3v) is 6.13. The molecule has 3 rings (SSSR count). The van der Waals surface area contributed by atoms with Gasteiger partial charge in [-0.05, 0) is 78.7 Å². The summed E-state index contributed by atoms with van der Waals surface area (Å²) in [7, 11) is 0. The minimum Gasteiger partial charge on any atom is -0.460 e. The first-order valence-electron chi connectivity index (χ1n) is 10.7. The van der Waals surface area contributed by atoms with Crippen LogP contribution < -0.4 is 0 Å². The molecule has 3 saturated heterocycles. The van der Waals surface area contributed by atoms with E-state index in [2.05, 4.69) is 4.90 Å². The van der Waals surface area contributed by atoms with Crippen molar-refractivity contribution in [3.05, 3.63) is 0 Å². The quantitative estimate of drug-likeness (QED) is 0.698. The molecule has 0 N–H and O–H groups in total. The molecule has 0 radical (unpaired) electrons. The Morgan fingerprint density at radius 1 is 1.04 bits per heavy atom. The SMILES string of the molecule is CCOC(=O)N1C2CCC1CC(N1CCC[C@@H](CC(=O)OC(C)(C)C)C1)C2. The van der Waals surface area contributed by atoms with Gasteiger partial charge in [-0.3, -0.25) is 9.69 Å². The highest BCUT2D eigenvalue weighted by Crippen LogP contribution is 2.39. The van der Waals surface area contributed by atoms with Crippen LogP contribution in [-0.2, 0) is 14.3 Å². The average molecular weight is 381 g/mol. The first kappa shape index (κ1) is 20.4. The van der Waals surface area contributed by atoms with E-state index in [4.69, 9.17) is 9.47 Å². The lowest BCUT2D eigenvalue weighted by molar-refractivity contribution is -0.156.